The monoisotopic (exact) mass is 398 g/mol. The van der Waals surface area contributed by atoms with Crippen LogP contribution in [0, 0.1) is 5.82 Å². The third-order valence-electron chi connectivity index (χ3n) is 5.17. The Labute approximate surface area is 167 Å². The SMILES string of the molecule is CN(C)[C@H](CNC(=O)c1nn(-c2ccc(F)cc2)c2c1CCC2)c1cccs1. The zero-order chi connectivity index (χ0) is 19.7. The molecular weight excluding hydrogens is 375 g/mol. The average molecular weight is 399 g/mol. The Morgan fingerprint density at radius 3 is 2.75 bits per heavy atom. The lowest BCUT2D eigenvalue weighted by Gasteiger charge is -2.23. The number of likely N-dealkylation sites (N-methyl/N-ethyl adjacent to an activating group) is 1. The topological polar surface area (TPSA) is 50.2 Å². The van der Waals surface area contributed by atoms with Crippen LogP contribution in [-0.2, 0) is 12.8 Å². The number of hydrogen-bond acceptors (Lipinski definition) is 4. The number of hydrogen-bond donors (Lipinski definition) is 1. The molecule has 5 nitrogen and oxygen atoms in total. The number of rotatable bonds is 6. The number of aromatic nitrogens is 2. The van der Waals surface area contributed by atoms with Gasteiger partial charge in [-0.15, -0.1) is 11.3 Å². The number of thiophene rings is 1. The van der Waals surface area contributed by atoms with E-state index in [1.807, 2.05) is 25.5 Å². The maximum absolute atomic E-state index is 13.3. The summed E-state index contributed by atoms with van der Waals surface area (Å²) in [4.78, 5) is 16.3. The van der Waals surface area contributed by atoms with Crippen molar-refractivity contribution in [3.63, 3.8) is 0 Å². The first-order chi connectivity index (χ1) is 13.5. The second-order valence-electron chi connectivity index (χ2n) is 7.22. The molecule has 3 aromatic rings. The van der Waals surface area contributed by atoms with Crippen molar-refractivity contribution in [3.8, 4) is 5.69 Å². The van der Waals surface area contributed by atoms with Crippen LogP contribution in [0.4, 0.5) is 4.39 Å². The van der Waals surface area contributed by atoms with E-state index < -0.39 is 0 Å². The molecule has 0 bridgehead atoms. The third-order valence-corrected chi connectivity index (χ3v) is 6.14. The van der Waals surface area contributed by atoms with E-state index in [1.54, 1.807) is 28.2 Å². The normalized spacial score (nSPS) is 14.3. The van der Waals surface area contributed by atoms with Gasteiger partial charge in [-0.1, -0.05) is 6.07 Å². The minimum Gasteiger partial charge on any atom is -0.349 e. The van der Waals surface area contributed by atoms with Gasteiger partial charge in [0.25, 0.3) is 5.91 Å². The van der Waals surface area contributed by atoms with Crippen molar-refractivity contribution in [1.82, 2.24) is 20.0 Å². The van der Waals surface area contributed by atoms with Gasteiger partial charge in [0.2, 0.25) is 0 Å². The Morgan fingerprint density at radius 2 is 2.07 bits per heavy atom. The third kappa shape index (κ3) is 3.59. The quantitative estimate of drug-likeness (QED) is 0.690. The van der Waals surface area contributed by atoms with Crippen molar-refractivity contribution in [2.24, 2.45) is 0 Å². The molecule has 2 aromatic heterocycles. The molecule has 146 valence electrons. The molecule has 0 fully saturated rings. The van der Waals surface area contributed by atoms with Crippen LogP contribution in [0.1, 0.15) is 39.1 Å². The molecule has 1 N–H and O–H groups in total. The van der Waals surface area contributed by atoms with Crippen LogP contribution >= 0.6 is 11.3 Å². The molecule has 7 heteroatoms. The Balaban J connectivity index is 1.56. The fourth-order valence-corrected chi connectivity index (χ4v) is 4.63. The lowest BCUT2D eigenvalue weighted by atomic mass is 10.1. The molecule has 1 aromatic carbocycles. The lowest BCUT2D eigenvalue weighted by Crippen LogP contribution is -2.34. The summed E-state index contributed by atoms with van der Waals surface area (Å²) in [6.07, 6.45) is 2.73. The maximum atomic E-state index is 13.3. The summed E-state index contributed by atoms with van der Waals surface area (Å²) in [6.45, 7) is 0.518. The Morgan fingerprint density at radius 1 is 1.29 bits per heavy atom. The van der Waals surface area contributed by atoms with Gasteiger partial charge in [-0.05, 0) is 69.1 Å². The van der Waals surface area contributed by atoms with E-state index in [4.69, 9.17) is 0 Å². The molecule has 2 heterocycles. The van der Waals surface area contributed by atoms with Crippen molar-refractivity contribution < 1.29 is 9.18 Å². The second-order valence-corrected chi connectivity index (χ2v) is 8.20. The van der Waals surface area contributed by atoms with Crippen LogP contribution in [0.25, 0.3) is 5.69 Å². The fourth-order valence-electron chi connectivity index (χ4n) is 3.71. The summed E-state index contributed by atoms with van der Waals surface area (Å²) in [5.41, 5.74) is 3.34. The van der Waals surface area contributed by atoms with E-state index in [2.05, 4.69) is 21.4 Å². The molecule has 0 aliphatic heterocycles. The molecule has 1 amide bonds. The Hall–Kier alpha value is -2.51. The number of nitrogens with zero attached hydrogens (tertiary/aromatic N) is 3. The van der Waals surface area contributed by atoms with Crippen LogP contribution in [0.3, 0.4) is 0 Å². The minimum absolute atomic E-state index is 0.121. The van der Waals surface area contributed by atoms with Crippen LogP contribution in [-0.4, -0.2) is 41.2 Å². The molecule has 0 saturated heterocycles. The van der Waals surface area contributed by atoms with Gasteiger partial charge in [-0.25, -0.2) is 9.07 Å². The van der Waals surface area contributed by atoms with Crippen molar-refractivity contribution in [2.45, 2.75) is 25.3 Å². The molecule has 0 radical (unpaired) electrons. The van der Waals surface area contributed by atoms with Crippen LogP contribution in [0.15, 0.2) is 41.8 Å². The number of carbonyl (C=O) groups excluding carboxylic acids is 1. The number of benzene rings is 1. The number of fused-ring (bicyclic) bond motifs is 1. The van der Waals surface area contributed by atoms with Crippen LogP contribution in [0.5, 0.6) is 0 Å². The predicted octanol–water partition coefficient (Wildman–Crippen LogP) is 3.59. The smallest absolute Gasteiger partial charge is 0.272 e. The van der Waals surface area contributed by atoms with Crippen molar-refractivity contribution >= 4 is 17.2 Å². The Kier molecular flexibility index (Phi) is 5.28. The van der Waals surface area contributed by atoms with E-state index in [1.165, 1.54) is 17.0 Å². The fraction of sp³-hybridized carbons (Fsp3) is 0.333. The minimum atomic E-state index is -0.283. The Bertz CT molecular complexity index is 963. The average Bonchev–Trinajstić information content (AvgIpc) is 3.40. The van der Waals surface area contributed by atoms with E-state index in [0.717, 1.165) is 36.2 Å². The summed E-state index contributed by atoms with van der Waals surface area (Å²) in [5, 5.41) is 9.70. The van der Waals surface area contributed by atoms with Crippen molar-refractivity contribution in [1.29, 1.82) is 0 Å². The van der Waals surface area contributed by atoms with Gasteiger partial charge in [0.05, 0.1) is 11.7 Å². The summed E-state index contributed by atoms with van der Waals surface area (Å²) < 4.78 is 15.1. The number of amides is 1. The molecule has 0 unspecified atom stereocenters. The predicted molar refractivity (Wildman–Crippen MR) is 109 cm³/mol. The van der Waals surface area contributed by atoms with E-state index in [0.29, 0.717) is 12.2 Å². The number of carbonyl (C=O) groups is 1. The highest BCUT2D eigenvalue weighted by Gasteiger charge is 2.27. The molecule has 1 atom stereocenters. The molecule has 4 rings (SSSR count). The highest BCUT2D eigenvalue weighted by molar-refractivity contribution is 7.10. The molecule has 28 heavy (non-hydrogen) atoms. The standard InChI is InChI=1S/C21H23FN4OS/c1-25(2)18(19-7-4-12-28-19)13-23-21(27)20-16-5-3-6-17(16)26(24-20)15-10-8-14(22)9-11-15/h4,7-12,18H,3,5-6,13H2,1-2H3,(H,23,27)/t18-/m1/s1. The van der Waals surface area contributed by atoms with Gasteiger partial charge in [0, 0.05) is 22.7 Å². The number of halogens is 1. The molecule has 0 saturated carbocycles. The zero-order valence-corrected chi connectivity index (χ0v) is 16.8. The van der Waals surface area contributed by atoms with Gasteiger partial charge in [0.1, 0.15) is 5.82 Å². The maximum Gasteiger partial charge on any atom is 0.272 e. The highest BCUT2D eigenvalue weighted by Crippen LogP contribution is 2.28. The second kappa shape index (κ2) is 7.85. The molecule has 0 spiro atoms. The first kappa shape index (κ1) is 18.8. The van der Waals surface area contributed by atoms with Crippen molar-refractivity contribution in [2.75, 3.05) is 20.6 Å². The van der Waals surface area contributed by atoms with Gasteiger partial charge < -0.3 is 10.2 Å². The number of nitrogens with one attached hydrogen (secondary N) is 1. The van der Waals surface area contributed by atoms with Gasteiger partial charge in [-0.3, -0.25) is 4.79 Å². The largest absolute Gasteiger partial charge is 0.349 e. The van der Waals surface area contributed by atoms with Gasteiger partial charge in [-0.2, -0.15) is 5.10 Å². The summed E-state index contributed by atoms with van der Waals surface area (Å²) in [6, 6.07) is 10.5. The highest BCUT2D eigenvalue weighted by atomic mass is 32.1. The van der Waals surface area contributed by atoms with Gasteiger partial charge >= 0.3 is 0 Å². The van der Waals surface area contributed by atoms with Crippen LogP contribution < -0.4 is 5.32 Å². The molecular formula is C21H23FN4OS. The molecule has 1 aliphatic rings. The molecule has 1 aliphatic carbocycles. The first-order valence-corrected chi connectivity index (χ1v) is 10.3. The van der Waals surface area contributed by atoms with E-state index in [-0.39, 0.29) is 17.8 Å². The summed E-state index contributed by atoms with van der Waals surface area (Å²) >= 11 is 1.69. The first-order valence-electron chi connectivity index (χ1n) is 9.39. The summed E-state index contributed by atoms with van der Waals surface area (Å²) in [5.74, 6) is -0.434. The van der Waals surface area contributed by atoms with Crippen LogP contribution in [0.2, 0.25) is 0 Å². The lowest BCUT2D eigenvalue weighted by molar-refractivity contribution is 0.0936. The van der Waals surface area contributed by atoms with Crippen molar-refractivity contribution in [3.05, 3.63) is 69.4 Å². The van der Waals surface area contributed by atoms with E-state index in [9.17, 15) is 9.18 Å². The van der Waals surface area contributed by atoms with E-state index >= 15 is 0 Å². The van der Waals surface area contributed by atoms with Gasteiger partial charge in [0.15, 0.2) is 5.69 Å². The zero-order valence-electron chi connectivity index (χ0n) is 16.0. The summed E-state index contributed by atoms with van der Waals surface area (Å²) in [7, 11) is 4.02.